The van der Waals surface area contributed by atoms with Gasteiger partial charge in [0, 0.05) is 18.2 Å². The van der Waals surface area contributed by atoms with Crippen molar-refractivity contribution in [3.05, 3.63) is 29.3 Å². The lowest BCUT2D eigenvalue weighted by atomic mass is 10.0. The van der Waals surface area contributed by atoms with E-state index in [1.807, 2.05) is 6.92 Å². The van der Waals surface area contributed by atoms with E-state index in [2.05, 4.69) is 37.4 Å². The number of carbonyl (C=O) groups excluding carboxylic acids is 1. The maximum Gasteiger partial charge on any atom is 0.224 e. The third kappa shape index (κ3) is 4.15. The Hall–Kier alpha value is -1.35. The van der Waals surface area contributed by atoms with Gasteiger partial charge in [-0.25, -0.2) is 0 Å². The number of rotatable bonds is 6. The van der Waals surface area contributed by atoms with Gasteiger partial charge in [0.05, 0.1) is 0 Å². The van der Waals surface area contributed by atoms with Crippen LogP contribution in [0.5, 0.6) is 0 Å². The predicted octanol–water partition coefficient (Wildman–Crippen LogP) is 2.88. The summed E-state index contributed by atoms with van der Waals surface area (Å²) in [5.41, 5.74) is 9.06. The van der Waals surface area contributed by atoms with Gasteiger partial charge in [0.1, 0.15) is 0 Å². The van der Waals surface area contributed by atoms with E-state index in [-0.39, 0.29) is 11.9 Å². The minimum absolute atomic E-state index is 0.0582. The van der Waals surface area contributed by atoms with E-state index < -0.39 is 0 Å². The number of aryl methyl sites for hydroxylation is 2. The molecule has 3 heteroatoms. The Morgan fingerprint density at radius 3 is 2.28 bits per heavy atom. The molecule has 3 nitrogen and oxygen atoms in total. The Kier molecular flexibility index (Phi) is 5.86. The second kappa shape index (κ2) is 7.17. The molecular weight excluding hydrogens is 224 g/mol. The van der Waals surface area contributed by atoms with Gasteiger partial charge in [0.2, 0.25) is 5.91 Å². The van der Waals surface area contributed by atoms with Gasteiger partial charge in [0.15, 0.2) is 0 Å². The minimum atomic E-state index is 0.0582. The van der Waals surface area contributed by atoms with E-state index in [1.54, 1.807) is 0 Å². The largest absolute Gasteiger partial charge is 0.328 e. The second-order valence-electron chi connectivity index (χ2n) is 4.72. The lowest BCUT2D eigenvalue weighted by molar-refractivity contribution is -0.116. The topological polar surface area (TPSA) is 55.1 Å². The van der Waals surface area contributed by atoms with Crippen molar-refractivity contribution in [3.63, 3.8) is 0 Å². The Labute approximate surface area is 110 Å². The lowest BCUT2D eigenvalue weighted by Crippen LogP contribution is -2.20. The molecule has 1 rings (SSSR count). The maximum atomic E-state index is 11.9. The van der Waals surface area contributed by atoms with Crippen molar-refractivity contribution < 1.29 is 4.79 Å². The van der Waals surface area contributed by atoms with Crippen LogP contribution in [-0.4, -0.2) is 11.9 Å². The molecule has 0 fully saturated rings. The average Bonchev–Trinajstić information content (AvgIpc) is 2.36. The zero-order chi connectivity index (χ0) is 13.5. The van der Waals surface area contributed by atoms with E-state index in [0.717, 1.165) is 24.9 Å². The summed E-state index contributed by atoms with van der Waals surface area (Å²) in [5.74, 6) is 0.0582. The number of nitrogens with one attached hydrogen (secondary N) is 1. The zero-order valence-electron chi connectivity index (χ0n) is 11.6. The highest BCUT2D eigenvalue weighted by Gasteiger charge is 2.10. The molecule has 100 valence electrons. The van der Waals surface area contributed by atoms with Gasteiger partial charge in [-0.05, 0) is 37.3 Å². The maximum absolute atomic E-state index is 11.9. The van der Waals surface area contributed by atoms with Gasteiger partial charge < -0.3 is 11.1 Å². The molecule has 0 aliphatic heterocycles. The van der Waals surface area contributed by atoms with Gasteiger partial charge in [-0.3, -0.25) is 4.79 Å². The molecule has 18 heavy (non-hydrogen) atoms. The number of anilines is 1. The summed E-state index contributed by atoms with van der Waals surface area (Å²) in [5, 5.41) is 3.04. The fourth-order valence-electron chi connectivity index (χ4n) is 1.96. The van der Waals surface area contributed by atoms with Crippen molar-refractivity contribution in [1.29, 1.82) is 0 Å². The summed E-state index contributed by atoms with van der Waals surface area (Å²) in [7, 11) is 0. The summed E-state index contributed by atoms with van der Waals surface area (Å²) in [6.45, 7) is 6.13. The molecule has 1 aromatic carbocycles. The van der Waals surface area contributed by atoms with Crippen LogP contribution >= 0.6 is 0 Å². The monoisotopic (exact) mass is 248 g/mol. The summed E-state index contributed by atoms with van der Waals surface area (Å²) < 4.78 is 0. The summed E-state index contributed by atoms with van der Waals surface area (Å²) in [4.78, 5) is 11.9. The van der Waals surface area contributed by atoms with Crippen LogP contribution in [0.4, 0.5) is 5.69 Å². The molecular formula is C15H24N2O. The Balaban J connectivity index is 2.79. The first kappa shape index (κ1) is 14.7. The lowest BCUT2D eigenvalue weighted by Gasteiger charge is -2.14. The molecule has 3 N–H and O–H groups in total. The van der Waals surface area contributed by atoms with Gasteiger partial charge in [-0.1, -0.05) is 32.0 Å². The Morgan fingerprint density at radius 1 is 1.28 bits per heavy atom. The number of para-hydroxylation sites is 1. The summed E-state index contributed by atoms with van der Waals surface area (Å²) >= 11 is 0. The Bertz CT molecular complexity index is 377. The van der Waals surface area contributed by atoms with E-state index in [9.17, 15) is 4.79 Å². The van der Waals surface area contributed by atoms with Crippen molar-refractivity contribution in [2.75, 3.05) is 5.32 Å². The van der Waals surface area contributed by atoms with Crippen molar-refractivity contribution >= 4 is 11.6 Å². The predicted molar refractivity (Wildman–Crippen MR) is 76.7 cm³/mol. The molecule has 0 aliphatic carbocycles. The number of benzene rings is 1. The number of hydrogen-bond donors (Lipinski definition) is 2. The Morgan fingerprint density at radius 2 is 1.83 bits per heavy atom. The standard InChI is InChI=1S/C15H24N2O/c1-4-12-7-6-8-13(5-2)15(12)17-14(18)10-9-11(3)16/h6-8,11H,4-5,9-10,16H2,1-3H3,(H,17,18). The van der Waals surface area contributed by atoms with Gasteiger partial charge in [0.25, 0.3) is 0 Å². The molecule has 0 bridgehead atoms. The average molecular weight is 248 g/mol. The van der Waals surface area contributed by atoms with Gasteiger partial charge >= 0.3 is 0 Å². The first-order valence-electron chi connectivity index (χ1n) is 6.74. The van der Waals surface area contributed by atoms with E-state index >= 15 is 0 Å². The van der Waals surface area contributed by atoms with Crippen LogP contribution in [0, 0.1) is 0 Å². The van der Waals surface area contributed by atoms with Crippen LogP contribution in [0.2, 0.25) is 0 Å². The van der Waals surface area contributed by atoms with Crippen LogP contribution in [0.1, 0.15) is 44.7 Å². The molecule has 1 amide bonds. The molecule has 0 radical (unpaired) electrons. The molecule has 0 saturated carbocycles. The van der Waals surface area contributed by atoms with Crippen molar-refractivity contribution in [2.45, 2.75) is 52.5 Å². The highest BCUT2D eigenvalue weighted by molar-refractivity contribution is 5.92. The molecule has 0 aromatic heterocycles. The fraction of sp³-hybridized carbons (Fsp3) is 0.533. The normalized spacial score (nSPS) is 12.2. The zero-order valence-corrected chi connectivity index (χ0v) is 11.6. The van der Waals surface area contributed by atoms with E-state index in [0.29, 0.717) is 6.42 Å². The van der Waals surface area contributed by atoms with Crippen LogP contribution in [0.25, 0.3) is 0 Å². The fourth-order valence-corrected chi connectivity index (χ4v) is 1.96. The SMILES string of the molecule is CCc1cccc(CC)c1NC(=O)CCC(C)N. The van der Waals surface area contributed by atoms with Crippen molar-refractivity contribution in [1.82, 2.24) is 0 Å². The van der Waals surface area contributed by atoms with Gasteiger partial charge in [-0.15, -0.1) is 0 Å². The molecule has 0 aliphatic rings. The molecule has 1 atom stereocenters. The highest BCUT2D eigenvalue weighted by atomic mass is 16.1. The van der Waals surface area contributed by atoms with E-state index in [4.69, 9.17) is 5.73 Å². The second-order valence-corrected chi connectivity index (χ2v) is 4.72. The first-order chi connectivity index (χ1) is 8.58. The molecule has 1 unspecified atom stereocenters. The quantitative estimate of drug-likeness (QED) is 0.813. The first-order valence-corrected chi connectivity index (χ1v) is 6.74. The molecule has 0 spiro atoms. The number of amides is 1. The van der Waals surface area contributed by atoms with Gasteiger partial charge in [-0.2, -0.15) is 0 Å². The van der Waals surface area contributed by atoms with Crippen molar-refractivity contribution in [2.24, 2.45) is 5.73 Å². The third-order valence-corrected chi connectivity index (χ3v) is 3.09. The summed E-state index contributed by atoms with van der Waals surface area (Å²) in [6, 6.07) is 6.26. The van der Waals surface area contributed by atoms with E-state index in [1.165, 1.54) is 11.1 Å². The molecule has 1 aromatic rings. The molecule has 0 heterocycles. The van der Waals surface area contributed by atoms with Crippen LogP contribution < -0.4 is 11.1 Å². The van der Waals surface area contributed by atoms with Crippen LogP contribution in [-0.2, 0) is 17.6 Å². The smallest absolute Gasteiger partial charge is 0.224 e. The van der Waals surface area contributed by atoms with Crippen LogP contribution in [0.15, 0.2) is 18.2 Å². The number of hydrogen-bond acceptors (Lipinski definition) is 2. The summed E-state index contributed by atoms with van der Waals surface area (Å²) in [6.07, 6.45) is 3.06. The van der Waals surface area contributed by atoms with Crippen LogP contribution in [0.3, 0.4) is 0 Å². The van der Waals surface area contributed by atoms with Crippen molar-refractivity contribution in [3.8, 4) is 0 Å². The highest BCUT2D eigenvalue weighted by Crippen LogP contribution is 2.22. The molecule has 0 saturated heterocycles. The minimum Gasteiger partial charge on any atom is -0.328 e. The number of nitrogens with two attached hydrogens (primary N) is 1. The third-order valence-electron chi connectivity index (χ3n) is 3.09. The number of carbonyl (C=O) groups is 1.